The fraction of sp³-hybridized carbons (Fsp3) is 0.133. The maximum Gasteiger partial charge on any atom is 0.161 e. The lowest BCUT2D eigenvalue weighted by atomic mass is 10.00. The zero-order valence-electron chi connectivity index (χ0n) is 9.76. The minimum Gasteiger partial charge on any atom is -0.486 e. The minimum atomic E-state index is 0.561. The molecular weight excluding hydrogens is 228 g/mol. The summed E-state index contributed by atoms with van der Waals surface area (Å²) in [6, 6.07) is 13.2. The average Bonchev–Trinajstić information content (AvgIpc) is 2.46. The van der Waals surface area contributed by atoms with E-state index in [0.717, 1.165) is 28.9 Å². The SMILES string of the molecule is O=Cc1ccccc1-c1ccc2c(c1)OCCO2. The number of rotatable bonds is 2. The van der Waals surface area contributed by atoms with Crippen molar-refractivity contribution >= 4 is 6.29 Å². The summed E-state index contributed by atoms with van der Waals surface area (Å²) in [4.78, 5) is 11.0. The first-order valence-electron chi connectivity index (χ1n) is 5.83. The Morgan fingerprint density at radius 3 is 2.56 bits per heavy atom. The molecular formula is C15H12O3. The Balaban J connectivity index is 2.09. The van der Waals surface area contributed by atoms with Crippen LogP contribution in [0.2, 0.25) is 0 Å². The molecule has 0 amide bonds. The fourth-order valence-electron chi connectivity index (χ4n) is 2.07. The summed E-state index contributed by atoms with van der Waals surface area (Å²) >= 11 is 0. The van der Waals surface area contributed by atoms with Crippen LogP contribution >= 0.6 is 0 Å². The third-order valence-electron chi connectivity index (χ3n) is 2.94. The number of carbonyl (C=O) groups is 1. The maximum atomic E-state index is 11.0. The van der Waals surface area contributed by atoms with Gasteiger partial charge in [-0.25, -0.2) is 0 Å². The first kappa shape index (κ1) is 10.8. The molecule has 0 fully saturated rings. The van der Waals surface area contributed by atoms with Crippen LogP contribution in [0.3, 0.4) is 0 Å². The molecule has 3 rings (SSSR count). The zero-order chi connectivity index (χ0) is 12.4. The van der Waals surface area contributed by atoms with Crippen molar-refractivity contribution < 1.29 is 14.3 Å². The van der Waals surface area contributed by atoms with Crippen molar-refractivity contribution in [3.8, 4) is 22.6 Å². The van der Waals surface area contributed by atoms with E-state index in [1.54, 1.807) is 6.07 Å². The van der Waals surface area contributed by atoms with Crippen molar-refractivity contribution in [3.63, 3.8) is 0 Å². The second-order valence-corrected chi connectivity index (χ2v) is 4.06. The van der Waals surface area contributed by atoms with E-state index in [4.69, 9.17) is 9.47 Å². The van der Waals surface area contributed by atoms with Crippen molar-refractivity contribution in [1.82, 2.24) is 0 Å². The summed E-state index contributed by atoms with van der Waals surface area (Å²) in [6.07, 6.45) is 0.867. The molecule has 2 aromatic carbocycles. The van der Waals surface area contributed by atoms with Crippen molar-refractivity contribution in [3.05, 3.63) is 48.0 Å². The van der Waals surface area contributed by atoms with E-state index in [0.29, 0.717) is 18.8 Å². The van der Waals surface area contributed by atoms with Crippen molar-refractivity contribution in [1.29, 1.82) is 0 Å². The van der Waals surface area contributed by atoms with Gasteiger partial charge in [0, 0.05) is 5.56 Å². The molecule has 1 aliphatic heterocycles. The number of hydrogen-bond donors (Lipinski definition) is 0. The van der Waals surface area contributed by atoms with Gasteiger partial charge in [-0.05, 0) is 23.3 Å². The first-order chi connectivity index (χ1) is 8.88. The van der Waals surface area contributed by atoms with Gasteiger partial charge in [0.2, 0.25) is 0 Å². The first-order valence-corrected chi connectivity index (χ1v) is 5.83. The maximum absolute atomic E-state index is 11.0. The van der Waals surface area contributed by atoms with E-state index < -0.39 is 0 Å². The highest BCUT2D eigenvalue weighted by Crippen LogP contribution is 2.35. The van der Waals surface area contributed by atoms with Gasteiger partial charge in [0.15, 0.2) is 17.8 Å². The second kappa shape index (κ2) is 4.53. The van der Waals surface area contributed by atoms with Crippen LogP contribution in [-0.4, -0.2) is 19.5 Å². The minimum absolute atomic E-state index is 0.561. The average molecular weight is 240 g/mol. The van der Waals surface area contributed by atoms with Crippen LogP contribution in [0.15, 0.2) is 42.5 Å². The molecule has 0 saturated carbocycles. The van der Waals surface area contributed by atoms with Gasteiger partial charge in [0.25, 0.3) is 0 Å². The fourth-order valence-corrected chi connectivity index (χ4v) is 2.07. The Morgan fingerprint density at radius 1 is 0.944 bits per heavy atom. The van der Waals surface area contributed by atoms with Crippen LogP contribution in [0.1, 0.15) is 10.4 Å². The highest BCUT2D eigenvalue weighted by atomic mass is 16.6. The van der Waals surface area contributed by atoms with Gasteiger partial charge in [-0.15, -0.1) is 0 Å². The van der Waals surface area contributed by atoms with E-state index in [9.17, 15) is 4.79 Å². The molecule has 0 N–H and O–H groups in total. The van der Waals surface area contributed by atoms with Gasteiger partial charge < -0.3 is 9.47 Å². The summed E-state index contributed by atoms with van der Waals surface area (Å²) in [6.45, 7) is 1.14. The Hall–Kier alpha value is -2.29. The van der Waals surface area contributed by atoms with E-state index >= 15 is 0 Å². The Morgan fingerprint density at radius 2 is 1.72 bits per heavy atom. The number of fused-ring (bicyclic) bond motifs is 1. The standard InChI is InChI=1S/C15H12O3/c16-10-12-3-1-2-4-13(12)11-5-6-14-15(9-11)18-8-7-17-14/h1-6,9-10H,7-8H2. The highest BCUT2D eigenvalue weighted by Gasteiger charge is 2.13. The summed E-state index contributed by atoms with van der Waals surface area (Å²) in [5.74, 6) is 1.49. The van der Waals surface area contributed by atoms with Crippen LogP contribution in [-0.2, 0) is 0 Å². The molecule has 0 atom stereocenters. The highest BCUT2D eigenvalue weighted by molar-refractivity contribution is 5.87. The molecule has 0 aliphatic carbocycles. The lowest BCUT2D eigenvalue weighted by Crippen LogP contribution is -2.15. The number of hydrogen-bond acceptors (Lipinski definition) is 3. The molecule has 90 valence electrons. The van der Waals surface area contributed by atoms with E-state index in [1.165, 1.54) is 0 Å². The Labute approximate surface area is 105 Å². The molecule has 0 unspecified atom stereocenters. The number of carbonyl (C=O) groups excluding carboxylic acids is 1. The van der Waals surface area contributed by atoms with E-state index in [1.807, 2.05) is 36.4 Å². The van der Waals surface area contributed by atoms with Gasteiger partial charge in [-0.3, -0.25) is 4.79 Å². The van der Waals surface area contributed by atoms with Gasteiger partial charge in [0.1, 0.15) is 13.2 Å². The van der Waals surface area contributed by atoms with Crippen molar-refractivity contribution in [2.75, 3.05) is 13.2 Å². The predicted octanol–water partition coefficient (Wildman–Crippen LogP) is 2.94. The molecule has 1 heterocycles. The van der Waals surface area contributed by atoms with E-state index in [2.05, 4.69) is 0 Å². The third-order valence-corrected chi connectivity index (χ3v) is 2.94. The Kier molecular flexibility index (Phi) is 2.73. The molecule has 0 radical (unpaired) electrons. The summed E-state index contributed by atoms with van der Waals surface area (Å²) in [7, 11) is 0. The molecule has 0 bridgehead atoms. The summed E-state index contributed by atoms with van der Waals surface area (Å²) in [5, 5.41) is 0. The smallest absolute Gasteiger partial charge is 0.161 e. The van der Waals surface area contributed by atoms with Crippen LogP contribution < -0.4 is 9.47 Å². The molecule has 0 saturated heterocycles. The predicted molar refractivity (Wildman–Crippen MR) is 68.3 cm³/mol. The molecule has 2 aromatic rings. The molecule has 3 heteroatoms. The third kappa shape index (κ3) is 1.84. The van der Waals surface area contributed by atoms with Crippen LogP contribution in [0.25, 0.3) is 11.1 Å². The van der Waals surface area contributed by atoms with Crippen LogP contribution in [0.4, 0.5) is 0 Å². The number of ether oxygens (including phenoxy) is 2. The lowest BCUT2D eigenvalue weighted by Gasteiger charge is -2.19. The monoisotopic (exact) mass is 240 g/mol. The molecule has 1 aliphatic rings. The molecule has 0 spiro atoms. The molecule has 18 heavy (non-hydrogen) atoms. The van der Waals surface area contributed by atoms with Gasteiger partial charge in [-0.2, -0.15) is 0 Å². The topological polar surface area (TPSA) is 35.5 Å². The van der Waals surface area contributed by atoms with Gasteiger partial charge in [0.05, 0.1) is 0 Å². The van der Waals surface area contributed by atoms with Crippen LogP contribution in [0, 0.1) is 0 Å². The van der Waals surface area contributed by atoms with Crippen LogP contribution in [0.5, 0.6) is 11.5 Å². The summed E-state index contributed by atoms with van der Waals surface area (Å²) < 4.78 is 11.0. The zero-order valence-corrected chi connectivity index (χ0v) is 9.76. The largest absolute Gasteiger partial charge is 0.486 e. The molecule has 3 nitrogen and oxygen atoms in total. The Bertz CT molecular complexity index is 590. The quantitative estimate of drug-likeness (QED) is 0.757. The van der Waals surface area contributed by atoms with Crippen molar-refractivity contribution in [2.45, 2.75) is 0 Å². The number of aldehydes is 1. The van der Waals surface area contributed by atoms with Gasteiger partial charge >= 0.3 is 0 Å². The normalized spacial score (nSPS) is 13.1. The van der Waals surface area contributed by atoms with Gasteiger partial charge in [-0.1, -0.05) is 30.3 Å². The van der Waals surface area contributed by atoms with E-state index in [-0.39, 0.29) is 0 Å². The lowest BCUT2D eigenvalue weighted by molar-refractivity contribution is 0.112. The number of benzene rings is 2. The second-order valence-electron chi connectivity index (χ2n) is 4.06. The molecule has 0 aromatic heterocycles. The summed E-state index contributed by atoms with van der Waals surface area (Å²) in [5.41, 5.74) is 2.54. The van der Waals surface area contributed by atoms with Crippen molar-refractivity contribution in [2.24, 2.45) is 0 Å².